The Balaban J connectivity index is 1.99. The minimum absolute atomic E-state index is 0.357. The summed E-state index contributed by atoms with van der Waals surface area (Å²) in [6.07, 6.45) is 1.69. The molecule has 21 heavy (non-hydrogen) atoms. The maximum atomic E-state index is 9.20. The molecule has 5 heteroatoms. The molecular formula is C16H18N4S. The summed E-state index contributed by atoms with van der Waals surface area (Å²) in [5.41, 5.74) is 3.24. The Kier molecular flexibility index (Phi) is 5.07. The van der Waals surface area contributed by atoms with Crippen LogP contribution in [0, 0.1) is 18.3 Å². The lowest BCUT2D eigenvalue weighted by Crippen LogP contribution is -2.08. The normalized spacial score (nSPS) is 12.3. The summed E-state index contributed by atoms with van der Waals surface area (Å²) in [5.74, 6) is -0.357. The number of aromatic nitrogens is 1. The van der Waals surface area contributed by atoms with Gasteiger partial charge in [-0.1, -0.05) is 12.1 Å². The van der Waals surface area contributed by atoms with Gasteiger partial charge in [-0.15, -0.1) is 11.3 Å². The van der Waals surface area contributed by atoms with E-state index in [1.54, 1.807) is 6.21 Å². The van der Waals surface area contributed by atoms with Crippen molar-refractivity contribution in [1.82, 2.24) is 4.98 Å². The van der Waals surface area contributed by atoms with Crippen LogP contribution >= 0.6 is 11.3 Å². The molecule has 0 aliphatic heterocycles. The third kappa shape index (κ3) is 4.14. The molecule has 0 N–H and O–H groups in total. The minimum atomic E-state index is -0.357. The molecule has 1 aromatic heterocycles. The van der Waals surface area contributed by atoms with Crippen molar-refractivity contribution in [3.05, 3.63) is 45.9 Å². The van der Waals surface area contributed by atoms with Crippen molar-refractivity contribution in [3.8, 4) is 6.07 Å². The number of aliphatic imine (C=N–C) groups is 1. The van der Waals surface area contributed by atoms with Crippen LogP contribution in [0.5, 0.6) is 0 Å². The second-order valence-corrected chi connectivity index (χ2v) is 5.87. The first-order chi connectivity index (χ1) is 10.1. The SMILES string of the molecule is Cc1csc([C@@H](C#N)C=NCc2ccc(N(C)C)cc2)n1. The molecule has 0 aliphatic rings. The lowest BCUT2D eigenvalue weighted by Gasteiger charge is -2.12. The predicted molar refractivity (Wildman–Crippen MR) is 88.2 cm³/mol. The maximum absolute atomic E-state index is 9.20. The topological polar surface area (TPSA) is 52.3 Å². The van der Waals surface area contributed by atoms with Gasteiger partial charge in [0.1, 0.15) is 10.9 Å². The number of benzene rings is 1. The summed E-state index contributed by atoms with van der Waals surface area (Å²) >= 11 is 1.50. The molecule has 0 bridgehead atoms. The first kappa shape index (κ1) is 15.2. The van der Waals surface area contributed by atoms with Gasteiger partial charge in [0.15, 0.2) is 0 Å². The second kappa shape index (κ2) is 7.00. The van der Waals surface area contributed by atoms with Crippen LogP contribution in [-0.4, -0.2) is 25.3 Å². The Morgan fingerprint density at radius 3 is 2.62 bits per heavy atom. The van der Waals surface area contributed by atoms with Crippen LogP contribution in [-0.2, 0) is 6.54 Å². The number of nitriles is 1. The Morgan fingerprint density at radius 1 is 1.38 bits per heavy atom. The first-order valence-corrected chi connectivity index (χ1v) is 7.56. The van der Waals surface area contributed by atoms with Gasteiger partial charge in [0.25, 0.3) is 0 Å². The average molecular weight is 298 g/mol. The maximum Gasteiger partial charge on any atom is 0.133 e. The molecular weight excluding hydrogens is 280 g/mol. The fourth-order valence-electron chi connectivity index (χ4n) is 1.83. The van der Waals surface area contributed by atoms with Crippen LogP contribution in [0.4, 0.5) is 5.69 Å². The molecule has 0 saturated carbocycles. The van der Waals surface area contributed by atoms with Gasteiger partial charge in [0.05, 0.1) is 12.6 Å². The van der Waals surface area contributed by atoms with E-state index in [0.717, 1.165) is 22.0 Å². The summed E-state index contributed by atoms with van der Waals surface area (Å²) in [4.78, 5) is 10.8. The second-order valence-electron chi connectivity index (χ2n) is 4.98. The van der Waals surface area contributed by atoms with E-state index in [0.29, 0.717) is 6.54 Å². The van der Waals surface area contributed by atoms with Crippen molar-refractivity contribution in [1.29, 1.82) is 5.26 Å². The molecule has 2 rings (SSSR count). The molecule has 0 radical (unpaired) electrons. The number of hydrogen-bond acceptors (Lipinski definition) is 5. The van der Waals surface area contributed by atoms with E-state index in [2.05, 4.69) is 45.2 Å². The van der Waals surface area contributed by atoms with E-state index < -0.39 is 0 Å². The van der Waals surface area contributed by atoms with E-state index in [9.17, 15) is 5.26 Å². The Bertz CT molecular complexity index is 650. The monoisotopic (exact) mass is 298 g/mol. The predicted octanol–water partition coefficient (Wildman–Crippen LogP) is 3.40. The van der Waals surface area contributed by atoms with E-state index in [-0.39, 0.29) is 5.92 Å². The zero-order chi connectivity index (χ0) is 15.2. The van der Waals surface area contributed by atoms with Crippen molar-refractivity contribution in [2.45, 2.75) is 19.4 Å². The number of rotatable bonds is 5. The van der Waals surface area contributed by atoms with Gasteiger partial charge in [-0.3, -0.25) is 4.99 Å². The van der Waals surface area contributed by atoms with Crippen LogP contribution in [0.25, 0.3) is 0 Å². The van der Waals surface area contributed by atoms with Crippen molar-refractivity contribution in [2.75, 3.05) is 19.0 Å². The van der Waals surface area contributed by atoms with E-state index in [1.807, 2.05) is 26.4 Å². The van der Waals surface area contributed by atoms with Crippen LogP contribution in [0.2, 0.25) is 0 Å². The zero-order valence-electron chi connectivity index (χ0n) is 12.4. The van der Waals surface area contributed by atoms with Gasteiger partial charge in [0, 0.05) is 37.1 Å². The highest BCUT2D eigenvalue weighted by Crippen LogP contribution is 2.18. The van der Waals surface area contributed by atoms with Crippen molar-refractivity contribution < 1.29 is 0 Å². The summed E-state index contributed by atoms with van der Waals surface area (Å²) in [6, 6.07) is 10.5. The number of thiazole rings is 1. The quantitative estimate of drug-likeness (QED) is 0.795. The highest BCUT2D eigenvalue weighted by Gasteiger charge is 2.11. The molecule has 0 fully saturated rings. The van der Waals surface area contributed by atoms with Crippen LogP contribution in [0.3, 0.4) is 0 Å². The Morgan fingerprint density at radius 2 is 2.10 bits per heavy atom. The number of aryl methyl sites for hydroxylation is 1. The fraction of sp³-hybridized carbons (Fsp3) is 0.312. The van der Waals surface area contributed by atoms with Crippen LogP contribution < -0.4 is 4.90 Å². The summed E-state index contributed by atoms with van der Waals surface area (Å²) in [7, 11) is 4.03. The molecule has 1 atom stereocenters. The smallest absolute Gasteiger partial charge is 0.133 e. The molecule has 2 aromatic rings. The van der Waals surface area contributed by atoms with Gasteiger partial charge in [-0.25, -0.2) is 4.98 Å². The van der Waals surface area contributed by atoms with Gasteiger partial charge in [-0.05, 0) is 24.6 Å². The van der Waals surface area contributed by atoms with Gasteiger partial charge in [0.2, 0.25) is 0 Å². The molecule has 0 unspecified atom stereocenters. The highest BCUT2D eigenvalue weighted by molar-refractivity contribution is 7.09. The molecule has 0 spiro atoms. The van der Waals surface area contributed by atoms with Crippen molar-refractivity contribution >= 4 is 23.2 Å². The minimum Gasteiger partial charge on any atom is -0.378 e. The Hall–Kier alpha value is -2.19. The molecule has 1 aromatic carbocycles. The van der Waals surface area contributed by atoms with Gasteiger partial charge < -0.3 is 4.90 Å². The molecule has 0 amide bonds. The van der Waals surface area contributed by atoms with Crippen molar-refractivity contribution in [2.24, 2.45) is 4.99 Å². The van der Waals surface area contributed by atoms with E-state index in [1.165, 1.54) is 11.3 Å². The molecule has 1 heterocycles. The van der Waals surface area contributed by atoms with Crippen LogP contribution in [0.1, 0.15) is 22.2 Å². The standard InChI is InChI=1S/C16H18N4S/c1-12-11-21-16(19-12)14(8-17)10-18-9-13-4-6-15(7-5-13)20(2)3/h4-7,10-11,14H,9H2,1-3H3/t14-/m0/s1. The first-order valence-electron chi connectivity index (χ1n) is 6.68. The largest absolute Gasteiger partial charge is 0.378 e. The average Bonchev–Trinajstić information content (AvgIpc) is 2.90. The zero-order valence-corrected chi connectivity index (χ0v) is 13.3. The highest BCUT2D eigenvalue weighted by atomic mass is 32.1. The third-order valence-electron chi connectivity index (χ3n) is 3.02. The summed E-state index contributed by atoms with van der Waals surface area (Å²) in [6.45, 7) is 2.51. The van der Waals surface area contributed by atoms with Gasteiger partial charge in [-0.2, -0.15) is 5.26 Å². The molecule has 108 valence electrons. The summed E-state index contributed by atoms with van der Waals surface area (Å²) in [5, 5.41) is 12.0. The fourth-order valence-corrected chi connectivity index (χ4v) is 2.63. The third-order valence-corrected chi connectivity index (χ3v) is 4.07. The number of anilines is 1. The Labute approximate surface area is 129 Å². The van der Waals surface area contributed by atoms with Gasteiger partial charge >= 0.3 is 0 Å². The molecule has 0 aliphatic carbocycles. The molecule has 0 saturated heterocycles. The number of hydrogen-bond donors (Lipinski definition) is 0. The van der Waals surface area contributed by atoms with E-state index in [4.69, 9.17) is 0 Å². The lowest BCUT2D eigenvalue weighted by molar-refractivity contribution is 1.03. The van der Waals surface area contributed by atoms with Crippen LogP contribution in [0.15, 0.2) is 34.6 Å². The lowest BCUT2D eigenvalue weighted by atomic mass is 10.2. The number of nitrogens with zero attached hydrogens (tertiary/aromatic N) is 4. The summed E-state index contributed by atoms with van der Waals surface area (Å²) < 4.78 is 0. The molecule has 4 nitrogen and oxygen atoms in total. The van der Waals surface area contributed by atoms with E-state index >= 15 is 0 Å². The van der Waals surface area contributed by atoms with Crippen molar-refractivity contribution in [3.63, 3.8) is 0 Å².